The van der Waals surface area contributed by atoms with E-state index in [-0.39, 0.29) is 22.3 Å². The molecule has 2 aromatic rings. The molecule has 0 aliphatic heterocycles. The lowest BCUT2D eigenvalue weighted by Gasteiger charge is -2.07. The van der Waals surface area contributed by atoms with Gasteiger partial charge in [-0.05, 0) is 12.1 Å². The van der Waals surface area contributed by atoms with Gasteiger partial charge in [0, 0.05) is 11.5 Å². The number of aromatic carboxylic acids is 1. The molecule has 0 radical (unpaired) electrons. The second-order valence-electron chi connectivity index (χ2n) is 3.47. The van der Waals surface area contributed by atoms with Gasteiger partial charge in [0.15, 0.2) is 0 Å². The van der Waals surface area contributed by atoms with E-state index in [0.717, 1.165) is 0 Å². The van der Waals surface area contributed by atoms with Gasteiger partial charge >= 0.3 is 11.6 Å². The molecule has 6 nitrogen and oxygen atoms in total. The van der Waals surface area contributed by atoms with Gasteiger partial charge in [-0.1, -0.05) is 0 Å². The minimum absolute atomic E-state index is 0.137. The van der Waals surface area contributed by atoms with Crippen molar-refractivity contribution in [2.24, 2.45) is 0 Å². The Morgan fingerprint density at radius 2 is 2.00 bits per heavy atom. The van der Waals surface area contributed by atoms with Crippen molar-refractivity contribution in [1.82, 2.24) is 0 Å². The number of hydrogen-bond acceptors (Lipinski definition) is 5. The molecule has 0 fully saturated rings. The molecule has 0 spiro atoms. The standard InChI is InChI=1S/C12H10O6/c1-16-6-3-4-7-8(5-6)18-12(15)10(17-2)9(7)11(13)14/h3-5H,1-2H3,(H,13,14). The summed E-state index contributed by atoms with van der Waals surface area (Å²) in [5, 5.41) is 9.43. The molecule has 1 aromatic carbocycles. The Morgan fingerprint density at radius 1 is 1.28 bits per heavy atom. The molecule has 0 unspecified atom stereocenters. The zero-order valence-corrected chi connectivity index (χ0v) is 9.72. The first-order chi connectivity index (χ1) is 8.58. The lowest BCUT2D eigenvalue weighted by Crippen LogP contribution is -2.11. The normalized spacial score (nSPS) is 10.3. The van der Waals surface area contributed by atoms with Crippen LogP contribution in [0.15, 0.2) is 27.4 Å². The maximum Gasteiger partial charge on any atom is 0.379 e. The lowest BCUT2D eigenvalue weighted by atomic mass is 10.1. The van der Waals surface area contributed by atoms with Crippen molar-refractivity contribution in [3.63, 3.8) is 0 Å². The average molecular weight is 250 g/mol. The molecule has 0 amide bonds. The fraction of sp³-hybridized carbons (Fsp3) is 0.167. The summed E-state index contributed by atoms with van der Waals surface area (Å²) in [6.45, 7) is 0. The maximum atomic E-state index is 11.6. The summed E-state index contributed by atoms with van der Waals surface area (Å²) in [7, 11) is 2.68. The predicted octanol–water partition coefficient (Wildman–Crippen LogP) is 1.51. The van der Waals surface area contributed by atoms with Gasteiger partial charge in [-0.15, -0.1) is 0 Å². The summed E-state index contributed by atoms with van der Waals surface area (Å²) in [5.74, 6) is -1.11. The summed E-state index contributed by atoms with van der Waals surface area (Å²) < 4.78 is 14.8. The number of fused-ring (bicyclic) bond motifs is 1. The van der Waals surface area contributed by atoms with Crippen molar-refractivity contribution in [2.45, 2.75) is 0 Å². The van der Waals surface area contributed by atoms with E-state index < -0.39 is 11.6 Å². The molecule has 0 aliphatic rings. The minimum atomic E-state index is -1.25. The summed E-state index contributed by atoms with van der Waals surface area (Å²) in [6, 6.07) is 4.53. The van der Waals surface area contributed by atoms with Crippen LogP contribution in [0.4, 0.5) is 0 Å². The van der Waals surface area contributed by atoms with Crippen molar-refractivity contribution in [3.8, 4) is 11.5 Å². The highest BCUT2D eigenvalue weighted by molar-refractivity contribution is 6.04. The summed E-state index contributed by atoms with van der Waals surface area (Å²) in [5.41, 5.74) is -0.917. The van der Waals surface area contributed by atoms with Crippen LogP contribution >= 0.6 is 0 Å². The fourth-order valence-corrected chi connectivity index (χ4v) is 1.69. The highest BCUT2D eigenvalue weighted by Gasteiger charge is 2.21. The largest absolute Gasteiger partial charge is 0.497 e. The van der Waals surface area contributed by atoms with Crippen LogP contribution in [0, 0.1) is 0 Å². The van der Waals surface area contributed by atoms with Crippen LogP contribution in [-0.2, 0) is 0 Å². The minimum Gasteiger partial charge on any atom is -0.497 e. The summed E-state index contributed by atoms with van der Waals surface area (Å²) >= 11 is 0. The third-order valence-electron chi connectivity index (χ3n) is 2.49. The Balaban J connectivity index is 2.90. The van der Waals surface area contributed by atoms with Crippen molar-refractivity contribution in [1.29, 1.82) is 0 Å². The number of rotatable bonds is 3. The van der Waals surface area contributed by atoms with Gasteiger partial charge in [0.1, 0.15) is 16.9 Å². The van der Waals surface area contributed by atoms with E-state index >= 15 is 0 Å². The first kappa shape index (κ1) is 12.0. The Kier molecular flexibility index (Phi) is 2.93. The fourth-order valence-electron chi connectivity index (χ4n) is 1.69. The number of benzene rings is 1. The molecule has 1 aromatic heterocycles. The van der Waals surface area contributed by atoms with E-state index in [4.69, 9.17) is 19.0 Å². The van der Waals surface area contributed by atoms with Crippen molar-refractivity contribution < 1.29 is 23.8 Å². The van der Waals surface area contributed by atoms with Crippen LogP contribution in [0.1, 0.15) is 10.4 Å². The predicted molar refractivity (Wildman–Crippen MR) is 62.5 cm³/mol. The monoisotopic (exact) mass is 250 g/mol. The third kappa shape index (κ3) is 1.77. The van der Waals surface area contributed by atoms with Crippen molar-refractivity contribution in [3.05, 3.63) is 34.2 Å². The van der Waals surface area contributed by atoms with Crippen LogP contribution in [0.25, 0.3) is 11.0 Å². The van der Waals surface area contributed by atoms with Crippen LogP contribution in [0.5, 0.6) is 11.5 Å². The lowest BCUT2D eigenvalue weighted by molar-refractivity contribution is 0.0694. The second-order valence-corrected chi connectivity index (χ2v) is 3.47. The number of ether oxygens (including phenoxy) is 2. The van der Waals surface area contributed by atoms with Crippen molar-refractivity contribution in [2.75, 3.05) is 14.2 Å². The molecule has 0 atom stereocenters. The molecule has 0 saturated heterocycles. The Labute approximate surface area is 101 Å². The van der Waals surface area contributed by atoms with E-state index in [9.17, 15) is 9.59 Å². The Hall–Kier alpha value is -2.50. The zero-order chi connectivity index (χ0) is 13.3. The van der Waals surface area contributed by atoms with E-state index in [1.807, 2.05) is 0 Å². The van der Waals surface area contributed by atoms with Gasteiger partial charge in [0.05, 0.1) is 14.2 Å². The second kappa shape index (κ2) is 4.40. The van der Waals surface area contributed by atoms with E-state index in [1.54, 1.807) is 6.07 Å². The van der Waals surface area contributed by atoms with E-state index in [1.165, 1.54) is 26.4 Å². The van der Waals surface area contributed by atoms with Gasteiger partial charge in [-0.3, -0.25) is 0 Å². The Morgan fingerprint density at radius 3 is 2.56 bits per heavy atom. The van der Waals surface area contributed by atoms with Gasteiger partial charge in [-0.25, -0.2) is 9.59 Å². The summed E-state index contributed by atoms with van der Waals surface area (Å²) in [4.78, 5) is 22.8. The molecule has 94 valence electrons. The van der Waals surface area contributed by atoms with E-state index in [2.05, 4.69) is 0 Å². The average Bonchev–Trinajstić information content (AvgIpc) is 2.35. The number of carbonyl (C=O) groups is 1. The first-order valence-electron chi connectivity index (χ1n) is 5.00. The molecule has 0 bridgehead atoms. The smallest absolute Gasteiger partial charge is 0.379 e. The van der Waals surface area contributed by atoms with Gasteiger partial charge < -0.3 is 19.0 Å². The molecule has 18 heavy (non-hydrogen) atoms. The molecule has 1 heterocycles. The van der Waals surface area contributed by atoms with Crippen LogP contribution < -0.4 is 15.1 Å². The topological polar surface area (TPSA) is 86.0 Å². The van der Waals surface area contributed by atoms with Crippen molar-refractivity contribution >= 4 is 16.9 Å². The van der Waals surface area contributed by atoms with Crippen LogP contribution in [0.3, 0.4) is 0 Å². The summed E-state index contributed by atoms with van der Waals surface area (Å²) in [6.07, 6.45) is 0. The molecule has 0 aliphatic carbocycles. The number of carboxylic acid groups (broad SMARTS) is 1. The quantitative estimate of drug-likeness (QED) is 0.831. The number of methoxy groups -OCH3 is 2. The van der Waals surface area contributed by atoms with Gasteiger partial charge in [0.2, 0.25) is 5.75 Å². The number of hydrogen-bond donors (Lipinski definition) is 1. The van der Waals surface area contributed by atoms with Crippen LogP contribution in [0.2, 0.25) is 0 Å². The highest BCUT2D eigenvalue weighted by Crippen LogP contribution is 2.27. The molecular formula is C12H10O6. The first-order valence-corrected chi connectivity index (χ1v) is 5.00. The zero-order valence-electron chi connectivity index (χ0n) is 9.72. The van der Waals surface area contributed by atoms with Gasteiger partial charge in [-0.2, -0.15) is 0 Å². The maximum absolute atomic E-state index is 11.6. The van der Waals surface area contributed by atoms with Crippen LogP contribution in [-0.4, -0.2) is 25.3 Å². The molecule has 6 heteroatoms. The molecule has 0 saturated carbocycles. The molecule has 2 rings (SSSR count). The number of carboxylic acids is 1. The van der Waals surface area contributed by atoms with E-state index in [0.29, 0.717) is 5.75 Å². The van der Waals surface area contributed by atoms with Gasteiger partial charge in [0.25, 0.3) is 0 Å². The third-order valence-corrected chi connectivity index (χ3v) is 2.49. The molecule has 1 N–H and O–H groups in total. The molecular weight excluding hydrogens is 240 g/mol. The SMILES string of the molecule is COc1ccc2c(C(=O)O)c(OC)c(=O)oc2c1. The Bertz CT molecular complexity index is 670. The highest BCUT2D eigenvalue weighted by atomic mass is 16.5.